The van der Waals surface area contributed by atoms with Crippen molar-refractivity contribution < 1.29 is 8.83 Å². The summed E-state index contributed by atoms with van der Waals surface area (Å²) in [6.45, 7) is 25.2. The molecule has 0 fully saturated rings. The van der Waals surface area contributed by atoms with E-state index in [1.807, 2.05) is 101 Å². The van der Waals surface area contributed by atoms with E-state index in [2.05, 4.69) is 135 Å². The van der Waals surface area contributed by atoms with Gasteiger partial charge in [-0.15, -0.1) is 22.7 Å². The van der Waals surface area contributed by atoms with Gasteiger partial charge in [0.1, 0.15) is 45.1 Å². The van der Waals surface area contributed by atoms with Crippen LogP contribution in [0.15, 0.2) is 130 Å². The summed E-state index contributed by atoms with van der Waals surface area (Å²) >= 11 is 6.36. The number of hydrogen-bond donors (Lipinski definition) is 0. The highest BCUT2D eigenvalue weighted by Gasteiger charge is 2.20. The number of furan rings is 2. The lowest BCUT2D eigenvalue weighted by Crippen LogP contribution is -1.86. The fraction of sp³-hybridized carbons (Fsp3) is 0.343. The molecule has 6 heterocycles. The van der Waals surface area contributed by atoms with E-state index in [0.717, 1.165) is 62.7 Å². The van der Waals surface area contributed by atoms with Gasteiger partial charge in [0.25, 0.3) is 0 Å². The van der Waals surface area contributed by atoms with Crippen molar-refractivity contribution >= 4 is 79.3 Å². The molecule has 0 unspecified atom stereocenters. The maximum Gasteiger partial charge on any atom is 0.136 e. The monoisotopic (exact) mass is 1100 g/mol. The van der Waals surface area contributed by atoms with E-state index >= 15 is 0 Å². The molecule has 4 aromatic carbocycles. The number of aryl methyl sites for hydroxylation is 8. The average molecular weight is 1100 g/mol. The van der Waals surface area contributed by atoms with Gasteiger partial charge in [0.05, 0.1) is 23.5 Å². The Balaban J connectivity index is 0.000000170. The lowest BCUT2D eigenvalue weighted by molar-refractivity contribution is 0.547. The minimum Gasteiger partial charge on any atom is -0.461 e. The Morgan fingerprint density at radius 1 is 0.416 bits per heavy atom. The minimum absolute atomic E-state index is 0.812. The summed E-state index contributed by atoms with van der Waals surface area (Å²) in [6, 6.07) is 38.8. The predicted molar refractivity (Wildman–Crippen MR) is 337 cm³/mol. The van der Waals surface area contributed by atoms with E-state index in [4.69, 9.17) is 17.6 Å². The first-order valence-corrected chi connectivity index (χ1v) is 31.0. The van der Waals surface area contributed by atoms with E-state index in [0.29, 0.717) is 0 Å². The maximum atomic E-state index is 5.71. The molecule has 11 rings (SSSR count). The molecule has 0 aliphatic heterocycles. The number of nitrogens with zero attached hydrogens (tertiary/aromatic N) is 4. The van der Waals surface area contributed by atoms with Crippen molar-refractivity contribution in [3.05, 3.63) is 176 Å². The third kappa shape index (κ3) is 15.0. The van der Waals surface area contributed by atoms with Crippen LogP contribution in [0.3, 0.4) is 0 Å². The molecule has 0 radical (unpaired) electrons. The van der Waals surface area contributed by atoms with Crippen LogP contribution in [-0.4, -0.2) is 17.5 Å². The summed E-state index contributed by atoms with van der Waals surface area (Å²) in [5.41, 5.74) is 19.4. The average Bonchev–Trinajstić information content (AvgIpc) is 4.33. The van der Waals surface area contributed by atoms with E-state index < -0.39 is 0 Å². The van der Waals surface area contributed by atoms with Gasteiger partial charge in [-0.05, 0) is 156 Å². The number of rotatable bonds is 16. The van der Waals surface area contributed by atoms with Crippen molar-refractivity contribution in [3.8, 4) is 43.5 Å². The van der Waals surface area contributed by atoms with Gasteiger partial charge in [0.2, 0.25) is 0 Å². The first-order valence-electron chi connectivity index (χ1n) is 27.9. The molecule has 0 spiro atoms. The summed E-state index contributed by atoms with van der Waals surface area (Å²) in [5.74, 6) is 3.39. The van der Waals surface area contributed by atoms with Crippen LogP contribution in [0.5, 0.6) is 0 Å². The molecule has 6 nitrogen and oxygen atoms in total. The fourth-order valence-corrected chi connectivity index (χ4v) is 12.8. The number of aromatic nitrogens is 4. The molecule has 402 valence electrons. The second-order valence-electron chi connectivity index (χ2n) is 19.4. The summed E-state index contributed by atoms with van der Waals surface area (Å²) in [6.07, 6.45) is 18.4. The molecule has 0 N–H and O–H groups in total. The molecule has 0 bridgehead atoms. The van der Waals surface area contributed by atoms with Crippen LogP contribution in [0.1, 0.15) is 154 Å². The van der Waals surface area contributed by atoms with Crippen molar-refractivity contribution in [2.24, 2.45) is 0 Å². The van der Waals surface area contributed by atoms with Gasteiger partial charge >= 0.3 is 0 Å². The summed E-state index contributed by atoms with van der Waals surface area (Å²) in [4.78, 5) is 5.56. The van der Waals surface area contributed by atoms with Crippen molar-refractivity contribution in [1.29, 1.82) is 0 Å². The molecule has 0 saturated heterocycles. The van der Waals surface area contributed by atoms with Crippen LogP contribution in [0.2, 0.25) is 0 Å². The Hall–Kier alpha value is -6.04. The van der Waals surface area contributed by atoms with Gasteiger partial charge < -0.3 is 8.83 Å². The Bertz CT molecular complexity index is 3260. The van der Waals surface area contributed by atoms with Crippen LogP contribution in [0, 0.1) is 41.5 Å². The second kappa shape index (κ2) is 29.1. The van der Waals surface area contributed by atoms with E-state index in [9.17, 15) is 0 Å². The van der Waals surface area contributed by atoms with Crippen LogP contribution < -0.4 is 0 Å². The highest BCUT2D eigenvalue weighted by atomic mass is 32.1. The topological polar surface area (TPSA) is 77.8 Å². The normalized spacial score (nSPS) is 11.7. The smallest absolute Gasteiger partial charge is 0.136 e. The standard InChI is InChI=1S/C28H36N2S3.C19H18.C16H12N2O2S.2C2H6/c1-5-7-9-11-13-21-17-25(31-19(21)3)23-15-16-24(28-27(23)29-33-30-28)26-18-22(20(4)32-26)14-12-10-8-6-2;1-14-3-7-16(8-4-14)18-11-12-19(13-18)17-9-5-15(2)6-10-17;1-9-3-7-13(19-9)11-5-6-12(14-8-4-10(2)20-14)16-15(11)17-21-18-16;2*1-2/h15-18H,5-14H2,1-4H3;3-12H,13H2,1-2H3;3-8H,1-2H3;2*1-2H3. The van der Waals surface area contributed by atoms with Crippen molar-refractivity contribution in [1.82, 2.24) is 17.5 Å². The molecule has 0 amide bonds. The first-order chi connectivity index (χ1) is 37.6. The summed E-state index contributed by atoms with van der Waals surface area (Å²) in [7, 11) is 0. The molecular weight excluding hydrogens is 1020 g/mol. The van der Waals surface area contributed by atoms with Gasteiger partial charge in [0, 0.05) is 41.8 Å². The van der Waals surface area contributed by atoms with Gasteiger partial charge in [0.15, 0.2) is 0 Å². The van der Waals surface area contributed by atoms with Crippen molar-refractivity contribution in [2.45, 2.75) is 154 Å². The summed E-state index contributed by atoms with van der Waals surface area (Å²) < 4.78 is 29.8. The molecule has 1 aliphatic carbocycles. The van der Waals surface area contributed by atoms with Crippen molar-refractivity contribution in [3.63, 3.8) is 0 Å². The number of unbranched alkanes of at least 4 members (excludes halogenated alkanes) is 6. The van der Waals surface area contributed by atoms with Gasteiger partial charge in [-0.1, -0.05) is 164 Å². The molecule has 0 atom stereocenters. The molecule has 10 aromatic rings. The van der Waals surface area contributed by atoms with Crippen LogP contribution in [-0.2, 0) is 12.8 Å². The van der Waals surface area contributed by atoms with E-state index in [1.165, 1.54) is 163 Å². The van der Waals surface area contributed by atoms with Crippen molar-refractivity contribution in [2.75, 3.05) is 0 Å². The number of allylic oxidation sites excluding steroid dienone is 4. The zero-order chi connectivity index (χ0) is 54.8. The first kappa shape index (κ1) is 58.6. The fourth-order valence-electron chi connectivity index (χ4n) is 9.43. The largest absolute Gasteiger partial charge is 0.461 e. The SMILES string of the molecule is CC.CC.CCCCCCc1cc(-c2ccc(-c3cc(CCCCCC)c(C)s3)c3nsnc23)sc1C.Cc1ccc(-c2ccc(-c3ccc(C)o3)c3nsnc23)o1.Cc1ccc(C2=CC=C(c3ccc(C)cc3)C2)cc1. The lowest BCUT2D eigenvalue weighted by Gasteiger charge is -2.07. The number of thiophene rings is 2. The molecular formula is C67H78N4O2S4. The zero-order valence-corrected chi connectivity index (χ0v) is 50.8. The highest BCUT2D eigenvalue weighted by molar-refractivity contribution is 7.16. The van der Waals surface area contributed by atoms with Crippen LogP contribution in [0.4, 0.5) is 0 Å². The predicted octanol–water partition coefficient (Wildman–Crippen LogP) is 22.1. The Kier molecular flexibility index (Phi) is 22.1. The third-order valence-corrected chi connectivity index (χ3v) is 17.0. The van der Waals surface area contributed by atoms with E-state index in [1.54, 1.807) is 0 Å². The number of benzene rings is 4. The Morgan fingerprint density at radius 3 is 1.13 bits per heavy atom. The molecule has 6 aromatic heterocycles. The Morgan fingerprint density at radius 2 is 0.779 bits per heavy atom. The maximum absolute atomic E-state index is 5.71. The number of fused-ring (bicyclic) bond motifs is 2. The molecule has 1 aliphatic rings. The summed E-state index contributed by atoms with van der Waals surface area (Å²) in [5, 5.41) is 0. The Labute approximate surface area is 475 Å². The lowest BCUT2D eigenvalue weighted by atomic mass is 9.98. The highest BCUT2D eigenvalue weighted by Crippen LogP contribution is 2.42. The quantitative estimate of drug-likeness (QED) is 0.0897. The van der Waals surface area contributed by atoms with E-state index in [-0.39, 0.29) is 0 Å². The zero-order valence-electron chi connectivity index (χ0n) is 47.6. The van der Waals surface area contributed by atoms with Gasteiger partial charge in [-0.2, -0.15) is 17.5 Å². The second-order valence-corrected chi connectivity index (χ2v) is 22.9. The molecule has 0 saturated carbocycles. The minimum atomic E-state index is 0.812. The van der Waals surface area contributed by atoms with Gasteiger partial charge in [-0.25, -0.2) is 0 Å². The molecule has 10 heteroatoms. The molecule has 77 heavy (non-hydrogen) atoms. The third-order valence-electron chi connectivity index (χ3n) is 13.7. The number of hydrogen-bond acceptors (Lipinski definition) is 10. The van der Waals surface area contributed by atoms with Gasteiger partial charge in [-0.3, -0.25) is 0 Å². The van der Waals surface area contributed by atoms with Crippen LogP contribution in [0.25, 0.3) is 76.7 Å². The van der Waals surface area contributed by atoms with Crippen LogP contribution >= 0.6 is 46.1 Å².